The van der Waals surface area contributed by atoms with Gasteiger partial charge >= 0.3 is 0 Å². The second-order valence-electron chi connectivity index (χ2n) is 6.84. The zero-order chi connectivity index (χ0) is 22.6. The Kier molecular flexibility index (Phi) is 9.13. The van der Waals surface area contributed by atoms with Crippen LogP contribution in [-0.4, -0.2) is 9.97 Å². The van der Waals surface area contributed by atoms with Gasteiger partial charge in [-0.05, 0) is 69.7 Å². The summed E-state index contributed by atoms with van der Waals surface area (Å²) >= 11 is 0. The van der Waals surface area contributed by atoms with E-state index in [1.165, 1.54) is 15.9 Å². The summed E-state index contributed by atoms with van der Waals surface area (Å²) in [5.41, 5.74) is 0. The van der Waals surface area contributed by atoms with E-state index in [1.807, 2.05) is 36.4 Å². The van der Waals surface area contributed by atoms with E-state index in [-0.39, 0.29) is 0 Å². The fraction of sp³-hybridized carbons (Fsp3) is 0. The standard InChI is InChI=1S/C18H15P.C10H8N2S2/c1-4-10-16(11-5-1)19(17-12-6-2-7-13-17)18-14-8-3-9-15-18;1-3-7-11-9(5-1)13-14-10-6-2-4-8-12-10/h1-15H;1-8H. The zero-order valence-corrected chi connectivity index (χ0v) is 20.5. The van der Waals surface area contributed by atoms with Gasteiger partial charge in [0.05, 0.1) is 0 Å². The molecule has 0 bridgehead atoms. The minimum atomic E-state index is -0.446. The average molecular weight is 483 g/mol. The van der Waals surface area contributed by atoms with Crippen LogP contribution in [0.25, 0.3) is 0 Å². The molecule has 0 N–H and O–H groups in total. The third-order valence-corrected chi connectivity index (χ3v) is 9.16. The molecule has 0 unspecified atom stereocenters. The summed E-state index contributed by atoms with van der Waals surface area (Å²) in [4.78, 5) is 8.42. The van der Waals surface area contributed by atoms with Gasteiger partial charge < -0.3 is 0 Å². The van der Waals surface area contributed by atoms with Crippen LogP contribution in [0, 0.1) is 0 Å². The summed E-state index contributed by atoms with van der Waals surface area (Å²) in [7, 11) is 2.79. The van der Waals surface area contributed by atoms with Gasteiger partial charge in [-0.1, -0.05) is 103 Å². The highest BCUT2D eigenvalue weighted by molar-refractivity contribution is 8.76. The molecule has 0 aliphatic heterocycles. The molecule has 2 heterocycles. The Morgan fingerprint density at radius 1 is 0.394 bits per heavy atom. The van der Waals surface area contributed by atoms with E-state index in [0.717, 1.165) is 10.1 Å². The lowest BCUT2D eigenvalue weighted by molar-refractivity contribution is 1.13. The van der Waals surface area contributed by atoms with Gasteiger partial charge in [0.25, 0.3) is 0 Å². The fourth-order valence-corrected chi connectivity index (χ4v) is 7.11. The van der Waals surface area contributed by atoms with Crippen molar-refractivity contribution >= 4 is 45.4 Å². The van der Waals surface area contributed by atoms with Crippen LogP contribution in [0.15, 0.2) is 150 Å². The topological polar surface area (TPSA) is 25.8 Å². The molecular formula is C28H23N2PS2. The third kappa shape index (κ3) is 7.30. The maximum absolute atomic E-state index is 4.21. The number of hydrogen-bond donors (Lipinski definition) is 0. The second-order valence-corrected chi connectivity index (χ2v) is 11.2. The van der Waals surface area contributed by atoms with E-state index in [2.05, 4.69) is 101 Å². The van der Waals surface area contributed by atoms with Crippen molar-refractivity contribution in [2.75, 3.05) is 0 Å². The molecule has 3 aromatic carbocycles. The monoisotopic (exact) mass is 482 g/mol. The van der Waals surface area contributed by atoms with Crippen LogP contribution in [0.2, 0.25) is 0 Å². The first-order valence-electron chi connectivity index (χ1n) is 10.5. The molecule has 2 nitrogen and oxygen atoms in total. The van der Waals surface area contributed by atoms with Crippen LogP contribution in [0.3, 0.4) is 0 Å². The van der Waals surface area contributed by atoms with Crippen LogP contribution < -0.4 is 15.9 Å². The minimum absolute atomic E-state index is 0.446. The van der Waals surface area contributed by atoms with Gasteiger partial charge in [-0.2, -0.15) is 0 Å². The molecule has 0 saturated carbocycles. The number of pyridine rings is 2. The number of nitrogens with zero attached hydrogens (tertiary/aromatic N) is 2. The first kappa shape index (κ1) is 23.3. The normalized spacial score (nSPS) is 10.3. The maximum Gasteiger partial charge on any atom is 0.107 e. The number of hydrogen-bond acceptors (Lipinski definition) is 4. The second kappa shape index (κ2) is 13.0. The van der Waals surface area contributed by atoms with Gasteiger partial charge in [-0.15, -0.1) is 0 Å². The van der Waals surface area contributed by atoms with Crippen LogP contribution in [0.4, 0.5) is 0 Å². The van der Waals surface area contributed by atoms with Crippen molar-refractivity contribution < 1.29 is 0 Å². The summed E-state index contributed by atoms with van der Waals surface area (Å²) in [6, 6.07) is 44.1. The van der Waals surface area contributed by atoms with E-state index in [0.29, 0.717) is 0 Å². The summed E-state index contributed by atoms with van der Waals surface area (Å²) in [6.07, 6.45) is 3.59. The molecule has 5 aromatic rings. The van der Waals surface area contributed by atoms with E-state index in [9.17, 15) is 0 Å². The van der Waals surface area contributed by atoms with Crippen molar-refractivity contribution in [3.05, 3.63) is 140 Å². The van der Waals surface area contributed by atoms with Gasteiger partial charge in [0.1, 0.15) is 10.1 Å². The number of aromatic nitrogens is 2. The Labute approximate surface area is 204 Å². The molecule has 0 aliphatic carbocycles. The van der Waals surface area contributed by atoms with Crippen LogP contribution in [0.1, 0.15) is 0 Å². The average Bonchev–Trinajstić information content (AvgIpc) is 2.91. The molecule has 5 rings (SSSR count). The molecule has 2 aromatic heterocycles. The SMILES string of the molecule is c1ccc(P(c2ccccc2)c2ccccc2)cc1.c1ccc(SSc2ccccn2)nc1. The van der Waals surface area contributed by atoms with Crippen molar-refractivity contribution in [1.29, 1.82) is 0 Å². The molecule has 0 spiro atoms. The lowest BCUT2D eigenvalue weighted by Gasteiger charge is -2.18. The van der Waals surface area contributed by atoms with Crippen molar-refractivity contribution in [3.63, 3.8) is 0 Å². The van der Waals surface area contributed by atoms with Crippen LogP contribution in [0.5, 0.6) is 0 Å². The Bertz CT molecular complexity index is 1060. The van der Waals surface area contributed by atoms with Crippen molar-refractivity contribution in [2.45, 2.75) is 10.1 Å². The van der Waals surface area contributed by atoms with Crippen molar-refractivity contribution in [3.8, 4) is 0 Å². The minimum Gasteiger partial charge on any atom is -0.249 e. The fourth-order valence-electron chi connectivity index (χ4n) is 3.06. The van der Waals surface area contributed by atoms with Gasteiger partial charge in [-0.25, -0.2) is 9.97 Å². The van der Waals surface area contributed by atoms with Gasteiger partial charge in [0, 0.05) is 12.4 Å². The Balaban J connectivity index is 0.000000165. The molecular weight excluding hydrogens is 459 g/mol. The molecule has 0 aliphatic rings. The number of rotatable bonds is 6. The predicted molar refractivity (Wildman–Crippen MR) is 145 cm³/mol. The highest BCUT2D eigenvalue weighted by Gasteiger charge is 2.14. The highest BCUT2D eigenvalue weighted by Crippen LogP contribution is 2.34. The molecule has 33 heavy (non-hydrogen) atoms. The van der Waals surface area contributed by atoms with E-state index in [4.69, 9.17) is 0 Å². The lowest BCUT2D eigenvalue weighted by atomic mass is 10.4. The summed E-state index contributed by atoms with van der Waals surface area (Å²) in [6.45, 7) is 0. The largest absolute Gasteiger partial charge is 0.249 e. The summed E-state index contributed by atoms with van der Waals surface area (Å²) in [5.74, 6) is 0. The molecule has 5 heteroatoms. The quantitative estimate of drug-likeness (QED) is 0.198. The summed E-state index contributed by atoms with van der Waals surface area (Å²) in [5, 5.41) is 6.20. The van der Waals surface area contributed by atoms with E-state index < -0.39 is 7.92 Å². The third-order valence-electron chi connectivity index (χ3n) is 4.53. The zero-order valence-electron chi connectivity index (χ0n) is 17.9. The van der Waals surface area contributed by atoms with Gasteiger partial charge in [0.2, 0.25) is 0 Å². The molecule has 0 saturated heterocycles. The van der Waals surface area contributed by atoms with Crippen LogP contribution >= 0.6 is 29.5 Å². The lowest BCUT2D eigenvalue weighted by Crippen LogP contribution is -2.20. The molecule has 162 valence electrons. The summed E-state index contributed by atoms with van der Waals surface area (Å²) < 4.78 is 0. The molecule has 0 atom stereocenters. The first-order valence-corrected chi connectivity index (χ1v) is 14.0. The predicted octanol–water partition coefficient (Wildman–Crippen LogP) is 6.72. The number of benzene rings is 3. The van der Waals surface area contributed by atoms with Crippen LogP contribution in [-0.2, 0) is 0 Å². The smallest absolute Gasteiger partial charge is 0.107 e. The molecule has 0 fully saturated rings. The maximum atomic E-state index is 4.21. The highest BCUT2D eigenvalue weighted by atomic mass is 33.1. The van der Waals surface area contributed by atoms with Crippen molar-refractivity contribution in [2.24, 2.45) is 0 Å². The van der Waals surface area contributed by atoms with Gasteiger partial charge in [0.15, 0.2) is 0 Å². The Morgan fingerprint density at radius 3 is 1.03 bits per heavy atom. The Hall–Kier alpha value is -2.91. The Morgan fingerprint density at radius 2 is 0.727 bits per heavy atom. The first-order chi connectivity index (χ1) is 16.4. The van der Waals surface area contributed by atoms with Gasteiger partial charge in [-0.3, -0.25) is 0 Å². The molecule has 0 amide bonds. The molecule has 0 radical (unpaired) electrons. The van der Waals surface area contributed by atoms with Crippen molar-refractivity contribution in [1.82, 2.24) is 9.97 Å². The van der Waals surface area contributed by atoms with E-state index >= 15 is 0 Å². The van der Waals surface area contributed by atoms with E-state index in [1.54, 1.807) is 34.0 Å².